The molecule has 0 aliphatic heterocycles. The summed E-state index contributed by atoms with van der Waals surface area (Å²) in [6.45, 7) is 5.24. The number of rotatable bonds is 5. The molecule has 0 heterocycles. The van der Waals surface area contributed by atoms with Gasteiger partial charge in [-0.05, 0) is 50.2 Å². The topological polar surface area (TPSA) is 29.3 Å². The Labute approximate surface area is 110 Å². The first-order valence-corrected chi connectivity index (χ1v) is 6.38. The summed E-state index contributed by atoms with van der Waals surface area (Å²) in [5, 5.41) is 0.780. The molecular weight excluding hydrogens is 232 g/mol. The van der Waals surface area contributed by atoms with E-state index in [2.05, 4.69) is 45.0 Å². The Morgan fingerprint density at radius 1 is 1.24 bits per heavy atom. The van der Waals surface area contributed by atoms with Crippen molar-refractivity contribution in [1.82, 2.24) is 4.90 Å². The van der Waals surface area contributed by atoms with Gasteiger partial charge in [0.05, 0.1) is 0 Å². The van der Waals surface area contributed by atoms with Crippen LogP contribution in [0.5, 0.6) is 0 Å². The van der Waals surface area contributed by atoms with Gasteiger partial charge in [0.2, 0.25) is 0 Å². The van der Waals surface area contributed by atoms with Crippen LogP contribution in [0.3, 0.4) is 0 Å². The third-order valence-corrected chi connectivity index (χ3v) is 3.48. The molecule has 0 aliphatic carbocycles. The normalized spacial score (nSPS) is 14.1. The van der Waals surface area contributed by atoms with Crippen molar-refractivity contribution in [2.75, 3.05) is 20.6 Å². The lowest BCUT2D eigenvalue weighted by Gasteiger charge is -2.39. The minimum atomic E-state index is 0.145. The van der Waals surface area contributed by atoms with Crippen LogP contribution in [-0.2, 0) is 0 Å². The summed E-state index contributed by atoms with van der Waals surface area (Å²) in [6, 6.07) is 8.46. The maximum Gasteiger partial charge on any atom is 0.0406 e. The highest BCUT2D eigenvalue weighted by Gasteiger charge is 2.31. The standard InChI is InChI=1S/C14H23ClN2/c1-14(2,9-10-16)13(17(3)4)11-5-7-12(15)8-6-11/h5-8,13H,9-10,16H2,1-4H3. The third-order valence-electron chi connectivity index (χ3n) is 3.23. The van der Waals surface area contributed by atoms with Gasteiger partial charge in [-0.1, -0.05) is 37.6 Å². The maximum atomic E-state index is 5.94. The molecule has 3 heteroatoms. The molecular formula is C14H23ClN2. The van der Waals surface area contributed by atoms with Crippen LogP contribution in [0.15, 0.2) is 24.3 Å². The molecule has 0 spiro atoms. The van der Waals surface area contributed by atoms with Crippen LogP contribution in [0, 0.1) is 5.41 Å². The Kier molecular flexibility index (Phi) is 4.99. The zero-order valence-corrected chi connectivity index (χ0v) is 12.0. The van der Waals surface area contributed by atoms with Crippen LogP contribution < -0.4 is 5.73 Å². The largest absolute Gasteiger partial charge is 0.330 e. The summed E-state index contributed by atoms with van der Waals surface area (Å²) in [7, 11) is 4.22. The van der Waals surface area contributed by atoms with E-state index in [4.69, 9.17) is 17.3 Å². The van der Waals surface area contributed by atoms with Crippen LogP contribution >= 0.6 is 11.6 Å². The van der Waals surface area contributed by atoms with Gasteiger partial charge < -0.3 is 10.6 Å². The zero-order chi connectivity index (χ0) is 13.1. The number of benzene rings is 1. The van der Waals surface area contributed by atoms with Gasteiger partial charge >= 0.3 is 0 Å². The summed E-state index contributed by atoms with van der Waals surface area (Å²) < 4.78 is 0. The van der Waals surface area contributed by atoms with Crippen molar-refractivity contribution in [2.45, 2.75) is 26.3 Å². The molecule has 1 aromatic carbocycles. The van der Waals surface area contributed by atoms with Crippen molar-refractivity contribution in [3.8, 4) is 0 Å². The van der Waals surface area contributed by atoms with E-state index < -0.39 is 0 Å². The van der Waals surface area contributed by atoms with Gasteiger partial charge in [0.25, 0.3) is 0 Å². The maximum absolute atomic E-state index is 5.94. The molecule has 17 heavy (non-hydrogen) atoms. The Hall–Kier alpha value is -0.570. The predicted molar refractivity (Wildman–Crippen MR) is 75.3 cm³/mol. The summed E-state index contributed by atoms with van der Waals surface area (Å²) >= 11 is 5.94. The molecule has 0 radical (unpaired) electrons. The molecule has 0 fully saturated rings. The summed E-state index contributed by atoms with van der Waals surface area (Å²) in [6.07, 6.45) is 0.998. The molecule has 0 saturated heterocycles. The summed E-state index contributed by atoms with van der Waals surface area (Å²) in [5.41, 5.74) is 7.15. The summed E-state index contributed by atoms with van der Waals surface area (Å²) in [5.74, 6) is 0. The van der Waals surface area contributed by atoms with Crippen molar-refractivity contribution in [3.63, 3.8) is 0 Å². The molecule has 1 atom stereocenters. The summed E-state index contributed by atoms with van der Waals surface area (Å²) in [4.78, 5) is 2.25. The van der Waals surface area contributed by atoms with E-state index in [1.165, 1.54) is 5.56 Å². The van der Waals surface area contributed by atoms with Crippen molar-refractivity contribution in [1.29, 1.82) is 0 Å². The van der Waals surface area contributed by atoms with Crippen LogP contribution in [0.2, 0.25) is 5.02 Å². The van der Waals surface area contributed by atoms with Gasteiger partial charge in [-0.15, -0.1) is 0 Å². The second kappa shape index (κ2) is 5.85. The van der Waals surface area contributed by atoms with E-state index in [-0.39, 0.29) is 5.41 Å². The van der Waals surface area contributed by atoms with Crippen LogP contribution in [0.4, 0.5) is 0 Å². The molecule has 2 N–H and O–H groups in total. The molecule has 0 amide bonds. The lowest BCUT2D eigenvalue weighted by molar-refractivity contribution is 0.128. The van der Waals surface area contributed by atoms with Crippen LogP contribution in [0.25, 0.3) is 0 Å². The van der Waals surface area contributed by atoms with Gasteiger partial charge in [-0.2, -0.15) is 0 Å². The van der Waals surface area contributed by atoms with Gasteiger partial charge in [-0.3, -0.25) is 0 Å². The molecule has 1 unspecified atom stereocenters. The van der Waals surface area contributed by atoms with Crippen molar-refractivity contribution in [3.05, 3.63) is 34.9 Å². The first kappa shape index (κ1) is 14.5. The Bertz CT molecular complexity index is 344. The molecule has 96 valence electrons. The van der Waals surface area contributed by atoms with Gasteiger partial charge in [0.15, 0.2) is 0 Å². The van der Waals surface area contributed by atoms with E-state index >= 15 is 0 Å². The molecule has 1 rings (SSSR count). The number of nitrogens with two attached hydrogens (primary N) is 1. The molecule has 0 bridgehead atoms. The number of nitrogens with zero attached hydrogens (tertiary/aromatic N) is 1. The van der Waals surface area contributed by atoms with E-state index in [0.717, 1.165) is 11.4 Å². The lowest BCUT2D eigenvalue weighted by Crippen LogP contribution is -2.35. The monoisotopic (exact) mass is 254 g/mol. The van der Waals surface area contributed by atoms with E-state index in [1.54, 1.807) is 0 Å². The Balaban J connectivity index is 3.05. The van der Waals surface area contributed by atoms with Gasteiger partial charge in [0, 0.05) is 11.1 Å². The van der Waals surface area contributed by atoms with E-state index in [1.807, 2.05) is 12.1 Å². The first-order chi connectivity index (χ1) is 7.88. The highest BCUT2D eigenvalue weighted by Crippen LogP contribution is 2.39. The Morgan fingerprint density at radius 3 is 2.18 bits per heavy atom. The minimum absolute atomic E-state index is 0.145. The average Bonchev–Trinajstić information content (AvgIpc) is 2.20. The van der Waals surface area contributed by atoms with Crippen LogP contribution in [-0.4, -0.2) is 25.5 Å². The predicted octanol–water partition coefficient (Wildman–Crippen LogP) is 3.32. The molecule has 2 nitrogen and oxygen atoms in total. The fourth-order valence-electron chi connectivity index (χ4n) is 2.60. The minimum Gasteiger partial charge on any atom is -0.330 e. The third kappa shape index (κ3) is 3.70. The number of hydrogen-bond acceptors (Lipinski definition) is 2. The highest BCUT2D eigenvalue weighted by molar-refractivity contribution is 6.30. The smallest absolute Gasteiger partial charge is 0.0406 e. The SMILES string of the molecule is CN(C)C(c1ccc(Cl)cc1)C(C)(C)CCN. The van der Waals surface area contributed by atoms with E-state index in [9.17, 15) is 0 Å². The van der Waals surface area contributed by atoms with E-state index in [0.29, 0.717) is 12.6 Å². The average molecular weight is 255 g/mol. The Morgan fingerprint density at radius 2 is 1.76 bits per heavy atom. The number of halogens is 1. The molecule has 1 aromatic rings. The highest BCUT2D eigenvalue weighted by atomic mass is 35.5. The second-order valence-electron chi connectivity index (χ2n) is 5.44. The fourth-order valence-corrected chi connectivity index (χ4v) is 2.73. The van der Waals surface area contributed by atoms with Gasteiger partial charge in [0.1, 0.15) is 0 Å². The van der Waals surface area contributed by atoms with Gasteiger partial charge in [-0.25, -0.2) is 0 Å². The number of hydrogen-bond donors (Lipinski definition) is 1. The lowest BCUT2D eigenvalue weighted by atomic mass is 9.77. The second-order valence-corrected chi connectivity index (χ2v) is 5.88. The van der Waals surface area contributed by atoms with Crippen molar-refractivity contribution >= 4 is 11.6 Å². The molecule has 0 aromatic heterocycles. The molecule has 0 aliphatic rings. The molecule has 0 saturated carbocycles. The zero-order valence-electron chi connectivity index (χ0n) is 11.2. The quantitative estimate of drug-likeness (QED) is 0.874. The van der Waals surface area contributed by atoms with Crippen LogP contribution in [0.1, 0.15) is 31.9 Å². The van der Waals surface area contributed by atoms with Crippen molar-refractivity contribution < 1.29 is 0 Å². The fraction of sp³-hybridized carbons (Fsp3) is 0.571. The van der Waals surface area contributed by atoms with Crippen molar-refractivity contribution in [2.24, 2.45) is 11.1 Å². The first-order valence-electron chi connectivity index (χ1n) is 6.00.